The van der Waals surface area contributed by atoms with Gasteiger partial charge in [-0.15, -0.1) is 0 Å². The normalized spacial score (nSPS) is 20.9. The first-order chi connectivity index (χ1) is 12.1. The summed E-state index contributed by atoms with van der Waals surface area (Å²) in [6.07, 6.45) is 8.01. The molecule has 0 aromatic carbocycles. The highest BCUT2D eigenvalue weighted by atomic mass is 19.1. The molecule has 1 amide bonds. The lowest BCUT2D eigenvalue weighted by atomic mass is 9.85. The van der Waals surface area contributed by atoms with Crippen molar-refractivity contribution in [2.75, 3.05) is 13.1 Å². The lowest BCUT2D eigenvalue weighted by Gasteiger charge is -2.40. The molecular formula is C18H24FN5O. The molecule has 0 aliphatic carbocycles. The summed E-state index contributed by atoms with van der Waals surface area (Å²) >= 11 is 0. The van der Waals surface area contributed by atoms with Gasteiger partial charge in [0.1, 0.15) is 5.82 Å². The molecule has 2 atom stereocenters. The Kier molecular flexibility index (Phi) is 5.43. The molecule has 2 aromatic rings. The molecule has 3 rings (SSSR count). The van der Waals surface area contributed by atoms with E-state index in [1.54, 1.807) is 16.9 Å². The van der Waals surface area contributed by atoms with Gasteiger partial charge >= 0.3 is 0 Å². The number of rotatable bonds is 6. The summed E-state index contributed by atoms with van der Waals surface area (Å²) in [5.74, 6) is 0.160. The van der Waals surface area contributed by atoms with Crippen LogP contribution in [0.2, 0.25) is 0 Å². The maximum absolute atomic E-state index is 13.7. The Morgan fingerprint density at radius 1 is 1.40 bits per heavy atom. The number of carbonyl (C=O) groups excluding carboxylic acids is 1. The van der Waals surface area contributed by atoms with E-state index in [0.29, 0.717) is 31.6 Å². The number of carbonyl (C=O) groups is 1. The van der Waals surface area contributed by atoms with Crippen LogP contribution in [-0.4, -0.2) is 38.7 Å². The van der Waals surface area contributed by atoms with Crippen LogP contribution in [0.15, 0.2) is 30.9 Å². The number of pyridine rings is 1. The van der Waals surface area contributed by atoms with E-state index in [1.165, 1.54) is 6.20 Å². The number of hydrogen-bond acceptors (Lipinski definition) is 4. The monoisotopic (exact) mass is 345 g/mol. The minimum Gasteiger partial charge on any atom is -0.335 e. The van der Waals surface area contributed by atoms with E-state index in [-0.39, 0.29) is 23.7 Å². The molecule has 6 nitrogen and oxygen atoms in total. The van der Waals surface area contributed by atoms with E-state index in [0.717, 1.165) is 12.0 Å². The highest BCUT2D eigenvalue weighted by Crippen LogP contribution is 2.36. The van der Waals surface area contributed by atoms with E-state index >= 15 is 0 Å². The van der Waals surface area contributed by atoms with Crippen molar-refractivity contribution in [2.45, 2.75) is 32.4 Å². The van der Waals surface area contributed by atoms with Gasteiger partial charge in [0.05, 0.1) is 18.4 Å². The second-order valence-corrected chi connectivity index (χ2v) is 6.47. The zero-order valence-electron chi connectivity index (χ0n) is 14.7. The first-order valence-corrected chi connectivity index (χ1v) is 8.67. The fourth-order valence-electron chi connectivity index (χ4n) is 3.59. The predicted molar refractivity (Wildman–Crippen MR) is 92.0 cm³/mol. The topological polar surface area (TPSA) is 63.1 Å². The number of nitrogens with one attached hydrogen (secondary N) is 1. The van der Waals surface area contributed by atoms with Gasteiger partial charge in [0.25, 0.3) is 0 Å². The fraction of sp³-hybridized carbons (Fsp3) is 0.500. The molecule has 1 N–H and O–H groups in total. The molecule has 0 unspecified atom stereocenters. The van der Waals surface area contributed by atoms with Crippen LogP contribution >= 0.6 is 0 Å². The van der Waals surface area contributed by atoms with E-state index in [9.17, 15) is 9.18 Å². The number of halogens is 1. The number of likely N-dealkylation sites (tertiary alicyclic amines) is 1. The van der Waals surface area contributed by atoms with Gasteiger partial charge in [-0.25, -0.2) is 4.39 Å². The molecule has 0 saturated carbocycles. The Hall–Kier alpha value is -2.28. The number of piperidine rings is 1. The Morgan fingerprint density at radius 3 is 2.92 bits per heavy atom. The van der Waals surface area contributed by atoms with Crippen molar-refractivity contribution in [3.05, 3.63) is 47.8 Å². The van der Waals surface area contributed by atoms with Crippen LogP contribution in [0.5, 0.6) is 0 Å². The zero-order valence-corrected chi connectivity index (χ0v) is 14.7. The average Bonchev–Trinajstić information content (AvgIpc) is 3.03. The molecule has 0 bridgehead atoms. The SMILES string of the molecule is CCN1C(=O)CC[C@H](CNCc2ccncc2F)[C@H]1c1cnn(C)c1. The molecule has 134 valence electrons. The van der Waals surface area contributed by atoms with Gasteiger partial charge in [-0.1, -0.05) is 0 Å². The van der Waals surface area contributed by atoms with Gasteiger partial charge in [0.2, 0.25) is 5.91 Å². The Balaban J connectivity index is 1.71. The van der Waals surface area contributed by atoms with Crippen LogP contribution in [0.25, 0.3) is 0 Å². The molecule has 7 heteroatoms. The summed E-state index contributed by atoms with van der Waals surface area (Å²) in [4.78, 5) is 18.0. The highest BCUT2D eigenvalue weighted by Gasteiger charge is 2.36. The first-order valence-electron chi connectivity index (χ1n) is 8.67. The summed E-state index contributed by atoms with van der Waals surface area (Å²) < 4.78 is 15.5. The van der Waals surface area contributed by atoms with Crippen molar-refractivity contribution >= 4 is 5.91 Å². The Labute approximate surface area is 147 Å². The number of nitrogens with zero attached hydrogens (tertiary/aromatic N) is 4. The van der Waals surface area contributed by atoms with Crippen molar-refractivity contribution in [2.24, 2.45) is 13.0 Å². The zero-order chi connectivity index (χ0) is 17.8. The maximum atomic E-state index is 13.7. The van der Waals surface area contributed by atoms with Crippen molar-refractivity contribution in [3.8, 4) is 0 Å². The first kappa shape index (κ1) is 17.5. The van der Waals surface area contributed by atoms with Crippen molar-refractivity contribution in [3.63, 3.8) is 0 Å². The lowest BCUT2D eigenvalue weighted by molar-refractivity contribution is -0.138. The second-order valence-electron chi connectivity index (χ2n) is 6.47. The minimum absolute atomic E-state index is 0.00902. The van der Waals surface area contributed by atoms with Gasteiger partial charge < -0.3 is 10.2 Å². The van der Waals surface area contributed by atoms with Crippen molar-refractivity contribution in [1.29, 1.82) is 0 Å². The van der Waals surface area contributed by atoms with Gasteiger partial charge in [-0.3, -0.25) is 14.5 Å². The van der Waals surface area contributed by atoms with Gasteiger partial charge in [0, 0.05) is 56.6 Å². The third kappa shape index (κ3) is 3.87. The molecule has 0 spiro atoms. The largest absolute Gasteiger partial charge is 0.335 e. The molecule has 1 fully saturated rings. The number of amides is 1. The molecule has 2 aromatic heterocycles. The smallest absolute Gasteiger partial charge is 0.223 e. The van der Waals surface area contributed by atoms with Gasteiger partial charge in [-0.2, -0.15) is 5.10 Å². The highest BCUT2D eigenvalue weighted by molar-refractivity contribution is 5.77. The summed E-state index contributed by atoms with van der Waals surface area (Å²) in [6, 6.07) is 1.69. The van der Waals surface area contributed by atoms with E-state index in [4.69, 9.17) is 0 Å². The number of aromatic nitrogens is 3. The van der Waals surface area contributed by atoms with Crippen LogP contribution in [0.4, 0.5) is 4.39 Å². The fourth-order valence-corrected chi connectivity index (χ4v) is 3.59. The molecule has 1 aliphatic heterocycles. The molecule has 0 radical (unpaired) electrons. The number of aryl methyl sites for hydroxylation is 1. The van der Waals surface area contributed by atoms with Crippen LogP contribution in [0, 0.1) is 11.7 Å². The number of hydrogen-bond donors (Lipinski definition) is 1. The molecule has 1 aliphatic rings. The second kappa shape index (κ2) is 7.74. The maximum Gasteiger partial charge on any atom is 0.223 e. The van der Waals surface area contributed by atoms with Crippen LogP contribution in [0.1, 0.15) is 36.9 Å². The van der Waals surface area contributed by atoms with Crippen molar-refractivity contribution < 1.29 is 9.18 Å². The van der Waals surface area contributed by atoms with Gasteiger partial charge in [-0.05, 0) is 25.3 Å². The molecular weight excluding hydrogens is 321 g/mol. The lowest BCUT2D eigenvalue weighted by Crippen LogP contribution is -2.45. The van der Waals surface area contributed by atoms with Gasteiger partial charge in [0.15, 0.2) is 0 Å². The van der Waals surface area contributed by atoms with E-state index in [2.05, 4.69) is 15.4 Å². The summed E-state index contributed by atoms with van der Waals surface area (Å²) in [5.41, 5.74) is 1.66. The summed E-state index contributed by atoms with van der Waals surface area (Å²) in [5, 5.41) is 7.61. The van der Waals surface area contributed by atoms with E-state index < -0.39 is 0 Å². The third-order valence-electron chi connectivity index (χ3n) is 4.82. The standard InChI is InChI=1S/C18H24FN5O/c1-3-24-17(25)5-4-14(18(24)15-10-22-23(2)12-15)9-21-8-13-6-7-20-11-16(13)19/h6-7,10-12,14,18,21H,3-5,8-9H2,1-2H3/t14-,18+/m1/s1. The molecule has 1 saturated heterocycles. The van der Waals surface area contributed by atoms with Crippen LogP contribution in [-0.2, 0) is 18.4 Å². The quantitative estimate of drug-likeness (QED) is 0.870. The Morgan fingerprint density at radius 2 is 2.24 bits per heavy atom. The molecule has 3 heterocycles. The summed E-state index contributed by atoms with van der Waals surface area (Å²) in [7, 11) is 1.88. The molecule has 25 heavy (non-hydrogen) atoms. The Bertz CT molecular complexity index is 732. The van der Waals surface area contributed by atoms with Crippen LogP contribution in [0.3, 0.4) is 0 Å². The third-order valence-corrected chi connectivity index (χ3v) is 4.82. The van der Waals surface area contributed by atoms with Crippen molar-refractivity contribution in [1.82, 2.24) is 25.0 Å². The minimum atomic E-state index is -0.298. The predicted octanol–water partition coefficient (Wildman–Crippen LogP) is 2.04. The van der Waals surface area contributed by atoms with E-state index in [1.807, 2.05) is 31.3 Å². The van der Waals surface area contributed by atoms with Crippen LogP contribution < -0.4 is 5.32 Å². The average molecular weight is 345 g/mol. The summed E-state index contributed by atoms with van der Waals surface area (Å²) in [6.45, 7) is 3.84.